The van der Waals surface area contributed by atoms with Crippen molar-refractivity contribution in [2.45, 2.75) is 32.6 Å². The van der Waals surface area contributed by atoms with Gasteiger partial charge in [-0.25, -0.2) is 0 Å². The van der Waals surface area contributed by atoms with Gasteiger partial charge in [0.15, 0.2) is 5.78 Å². The quantitative estimate of drug-likeness (QED) is 0.446. The summed E-state index contributed by atoms with van der Waals surface area (Å²) in [5, 5.41) is 9.30. The van der Waals surface area contributed by atoms with Crippen molar-refractivity contribution in [3.05, 3.63) is 34.3 Å². The van der Waals surface area contributed by atoms with Crippen molar-refractivity contribution < 1.29 is 9.53 Å². The summed E-state index contributed by atoms with van der Waals surface area (Å²) >= 11 is 6.73. The number of ether oxygens (including phenoxy) is 1. The molecule has 0 spiro atoms. The van der Waals surface area contributed by atoms with Crippen LogP contribution in [0, 0.1) is 16.7 Å². The number of benzene rings is 1. The van der Waals surface area contributed by atoms with Crippen LogP contribution in [-0.2, 0) is 14.9 Å². The first-order valence-electron chi connectivity index (χ1n) is 7.09. The molecular formula is C17H21Br2NO2. The smallest absolute Gasteiger partial charge is 0.153 e. The molecule has 0 aliphatic carbocycles. The van der Waals surface area contributed by atoms with Gasteiger partial charge in [0.1, 0.15) is 0 Å². The maximum atomic E-state index is 12.4. The Labute approximate surface area is 149 Å². The fraction of sp³-hybridized carbons (Fsp3) is 0.529. The highest BCUT2D eigenvalue weighted by molar-refractivity contribution is 9.10. The lowest BCUT2D eigenvalue weighted by Gasteiger charge is -2.29. The van der Waals surface area contributed by atoms with Gasteiger partial charge in [-0.2, -0.15) is 5.26 Å². The standard InChI is InChI=1S/C17H21Br2NO2/c1-16(2,11-20)12-22-8-7-17(3,15(21)10-18)13-5-4-6-14(19)9-13/h4-6,9H,7-8,10,12H2,1-3H3. The summed E-state index contributed by atoms with van der Waals surface area (Å²) in [4.78, 5) is 12.4. The normalized spacial score (nSPS) is 14.2. The molecule has 0 bridgehead atoms. The maximum Gasteiger partial charge on any atom is 0.153 e. The van der Waals surface area contributed by atoms with Gasteiger partial charge in [0.2, 0.25) is 0 Å². The average molecular weight is 431 g/mol. The molecule has 5 heteroatoms. The number of nitriles is 1. The van der Waals surface area contributed by atoms with E-state index in [4.69, 9.17) is 10.00 Å². The number of ketones is 1. The summed E-state index contributed by atoms with van der Waals surface area (Å²) in [6, 6.07) is 10.0. The van der Waals surface area contributed by atoms with Crippen molar-refractivity contribution in [2.24, 2.45) is 5.41 Å². The summed E-state index contributed by atoms with van der Waals surface area (Å²) < 4.78 is 6.58. The van der Waals surface area contributed by atoms with Crippen LogP contribution < -0.4 is 0 Å². The van der Waals surface area contributed by atoms with Gasteiger partial charge in [0, 0.05) is 11.1 Å². The Morgan fingerprint density at radius 2 is 2.05 bits per heavy atom. The van der Waals surface area contributed by atoms with Crippen LogP contribution in [-0.4, -0.2) is 24.3 Å². The van der Waals surface area contributed by atoms with Crippen LogP contribution >= 0.6 is 31.9 Å². The van der Waals surface area contributed by atoms with Crippen molar-refractivity contribution in [1.29, 1.82) is 5.26 Å². The number of nitrogens with zero attached hydrogens (tertiary/aromatic N) is 1. The molecule has 0 heterocycles. The van der Waals surface area contributed by atoms with E-state index < -0.39 is 10.8 Å². The van der Waals surface area contributed by atoms with Crippen molar-refractivity contribution in [2.75, 3.05) is 18.5 Å². The summed E-state index contributed by atoms with van der Waals surface area (Å²) in [5.74, 6) is 0.119. The van der Waals surface area contributed by atoms with Gasteiger partial charge in [-0.15, -0.1) is 0 Å². The molecule has 22 heavy (non-hydrogen) atoms. The van der Waals surface area contributed by atoms with Crippen LogP contribution in [0.2, 0.25) is 0 Å². The minimum atomic E-state index is -0.607. The Hall–Kier alpha value is -0.700. The number of rotatable bonds is 8. The average Bonchev–Trinajstić information content (AvgIpc) is 2.50. The number of carbonyl (C=O) groups is 1. The number of hydrogen-bond acceptors (Lipinski definition) is 3. The molecule has 120 valence electrons. The minimum absolute atomic E-state index is 0.119. The van der Waals surface area contributed by atoms with E-state index in [9.17, 15) is 4.79 Å². The lowest BCUT2D eigenvalue weighted by atomic mass is 9.76. The molecule has 0 N–H and O–H groups in total. The van der Waals surface area contributed by atoms with E-state index in [1.54, 1.807) is 0 Å². The number of alkyl halides is 1. The van der Waals surface area contributed by atoms with Crippen molar-refractivity contribution >= 4 is 37.6 Å². The van der Waals surface area contributed by atoms with Gasteiger partial charge in [0.25, 0.3) is 0 Å². The van der Waals surface area contributed by atoms with Crippen molar-refractivity contribution in [3.63, 3.8) is 0 Å². The van der Waals surface area contributed by atoms with Crippen LogP contribution in [0.4, 0.5) is 0 Å². The topological polar surface area (TPSA) is 50.1 Å². The Bertz CT molecular complexity index is 566. The van der Waals surface area contributed by atoms with Crippen LogP contribution in [0.1, 0.15) is 32.8 Å². The molecule has 1 aromatic carbocycles. The zero-order valence-electron chi connectivity index (χ0n) is 13.2. The van der Waals surface area contributed by atoms with E-state index in [-0.39, 0.29) is 5.78 Å². The molecular weight excluding hydrogens is 410 g/mol. The predicted molar refractivity (Wildman–Crippen MR) is 95.1 cm³/mol. The largest absolute Gasteiger partial charge is 0.380 e. The molecule has 0 aliphatic rings. The Morgan fingerprint density at radius 1 is 1.36 bits per heavy atom. The minimum Gasteiger partial charge on any atom is -0.380 e. The van der Waals surface area contributed by atoms with Gasteiger partial charge in [-0.3, -0.25) is 4.79 Å². The first kappa shape index (κ1) is 19.3. The third-order valence-corrected chi connectivity index (χ3v) is 4.71. The fourth-order valence-electron chi connectivity index (χ4n) is 2.06. The highest BCUT2D eigenvalue weighted by Crippen LogP contribution is 2.31. The molecule has 1 atom stereocenters. The SMILES string of the molecule is CC(C)(C#N)COCCC(C)(C(=O)CBr)c1cccc(Br)c1. The molecule has 1 unspecified atom stereocenters. The van der Waals surface area contributed by atoms with Crippen molar-refractivity contribution in [3.8, 4) is 6.07 Å². The Morgan fingerprint density at radius 3 is 2.59 bits per heavy atom. The fourth-order valence-corrected chi connectivity index (χ4v) is 3.08. The molecule has 1 aromatic rings. The molecule has 0 amide bonds. The highest BCUT2D eigenvalue weighted by Gasteiger charge is 2.34. The second kappa shape index (κ2) is 8.24. The zero-order valence-corrected chi connectivity index (χ0v) is 16.3. The number of Topliss-reactive ketones (excluding diaryl/α,β-unsaturated/α-hetero) is 1. The lowest BCUT2D eigenvalue weighted by molar-refractivity contribution is -0.122. The van der Waals surface area contributed by atoms with Crippen LogP contribution in [0.25, 0.3) is 0 Å². The third-order valence-electron chi connectivity index (χ3n) is 3.71. The Kier molecular flexibility index (Phi) is 7.24. The number of hydrogen-bond donors (Lipinski definition) is 0. The van der Waals surface area contributed by atoms with E-state index in [1.807, 2.05) is 45.0 Å². The molecule has 1 rings (SSSR count). The highest BCUT2D eigenvalue weighted by atomic mass is 79.9. The molecule has 0 aromatic heterocycles. The van der Waals surface area contributed by atoms with Gasteiger partial charge in [-0.05, 0) is 44.9 Å². The van der Waals surface area contributed by atoms with Crippen LogP contribution in [0.5, 0.6) is 0 Å². The molecule has 0 aliphatic heterocycles. The monoisotopic (exact) mass is 429 g/mol. The third kappa shape index (κ3) is 5.19. The maximum absolute atomic E-state index is 12.4. The van der Waals surface area contributed by atoms with Gasteiger partial charge in [-0.1, -0.05) is 44.0 Å². The molecule has 0 radical (unpaired) electrons. The summed E-state index contributed by atoms with van der Waals surface area (Å²) in [7, 11) is 0. The molecule has 0 saturated heterocycles. The van der Waals surface area contributed by atoms with E-state index >= 15 is 0 Å². The molecule has 0 saturated carbocycles. The second-order valence-corrected chi connectivity index (χ2v) is 7.67. The Balaban J connectivity index is 2.82. The predicted octanol–water partition coefficient (Wildman–Crippen LogP) is 4.63. The first-order chi connectivity index (χ1) is 10.2. The first-order valence-corrected chi connectivity index (χ1v) is 9.01. The summed E-state index contributed by atoms with van der Waals surface area (Å²) in [6.07, 6.45) is 0.579. The molecule has 3 nitrogen and oxygen atoms in total. The second-order valence-electron chi connectivity index (χ2n) is 6.20. The zero-order chi connectivity index (χ0) is 16.8. The lowest BCUT2D eigenvalue weighted by Crippen LogP contribution is -2.35. The number of carbonyl (C=O) groups excluding carboxylic acids is 1. The van der Waals surface area contributed by atoms with Gasteiger partial charge >= 0.3 is 0 Å². The van der Waals surface area contributed by atoms with Gasteiger partial charge in [0.05, 0.1) is 28.8 Å². The van der Waals surface area contributed by atoms with E-state index in [1.165, 1.54) is 0 Å². The van der Waals surface area contributed by atoms with Gasteiger partial charge < -0.3 is 4.74 Å². The van der Waals surface area contributed by atoms with E-state index in [0.29, 0.717) is 25.0 Å². The molecule has 0 fully saturated rings. The number of halogens is 2. The van der Waals surface area contributed by atoms with E-state index in [2.05, 4.69) is 37.9 Å². The van der Waals surface area contributed by atoms with Crippen LogP contribution in [0.3, 0.4) is 0 Å². The van der Waals surface area contributed by atoms with Crippen LogP contribution in [0.15, 0.2) is 28.7 Å². The van der Waals surface area contributed by atoms with Crippen molar-refractivity contribution in [1.82, 2.24) is 0 Å². The summed E-state index contributed by atoms with van der Waals surface area (Å²) in [5.41, 5.74) is -0.148. The van der Waals surface area contributed by atoms with E-state index in [0.717, 1.165) is 10.0 Å². The summed E-state index contributed by atoms with van der Waals surface area (Å²) in [6.45, 7) is 6.42.